The Labute approximate surface area is 152 Å². The quantitative estimate of drug-likeness (QED) is 0.562. The van der Waals surface area contributed by atoms with Gasteiger partial charge in [0.15, 0.2) is 0 Å². The van der Waals surface area contributed by atoms with Crippen LogP contribution in [0.4, 0.5) is 4.39 Å². The summed E-state index contributed by atoms with van der Waals surface area (Å²) in [5.74, 6) is -0.921. The van der Waals surface area contributed by atoms with Crippen molar-refractivity contribution in [1.82, 2.24) is 10.2 Å². The van der Waals surface area contributed by atoms with Gasteiger partial charge in [-0.3, -0.25) is 14.4 Å². The van der Waals surface area contributed by atoms with Crippen LogP contribution in [0.25, 0.3) is 0 Å². The van der Waals surface area contributed by atoms with Crippen molar-refractivity contribution in [3.05, 3.63) is 35.6 Å². The monoisotopic (exact) mass is 364 g/mol. The van der Waals surface area contributed by atoms with Gasteiger partial charge in [-0.25, -0.2) is 4.39 Å². The van der Waals surface area contributed by atoms with Crippen LogP contribution in [0.3, 0.4) is 0 Å². The Hall–Kier alpha value is -2.44. The van der Waals surface area contributed by atoms with Crippen molar-refractivity contribution in [2.24, 2.45) is 5.92 Å². The number of carbonyl (C=O) groups excluding carboxylic acids is 3. The molecule has 0 bridgehead atoms. The number of esters is 1. The lowest BCUT2D eigenvalue weighted by molar-refractivity contribution is -0.141. The number of halogens is 1. The highest BCUT2D eigenvalue weighted by Crippen LogP contribution is 2.18. The molecular formula is C19H25FN2O4. The average molecular weight is 364 g/mol. The van der Waals surface area contributed by atoms with Gasteiger partial charge in [0, 0.05) is 32.5 Å². The summed E-state index contributed by atoms with van der Waals surface area (Å²) in [7, 11) is 1.33. The van der Waals surface area contributed by atoms with Crippen molar-refractivity contribution in [3.63, 3.8) is 0 Å². The van der Waals surface area contributed by atoms with Crippen molar-refractivity contribution in [2.75, 3.05) is 26.7 Å². The van der Waals surface area contributed by atoms with E-state index in [1.807, 2.05) is 6.07 Å². The third-order valence-electron chi connectivity index (χ3n) is 4.51. The fourth-order valence-electron chi connectivity index (χ4n) is 2.99. The van der Waals surface area contributed by atoms with E-state index in [9.17, 15) is 18.8 Å². The predicted molar refractivity (Wildman–Crippen MR) is 93.7 cm³/mol. The number of benzene rings is 1. The van der Waals surface area contributed by atoms with E-state index in [1.165, 1.54) is 19.2 Å². The summed E-state index contributed by atoms with van der Waals surface area (Å²) in [6, 6.07) is 6.31. The summed E-state index contributed by atoms with van der Waals surface area (Å²) >= 11 is 0. The number of ether oxygens (including phenoxy) is 1. The highest BCUT2D eigenvalue weighted by atomic mass is 19.1. The van der Waals surface area contributed by atoms with Gasteiger partial charge in [0.1, 0.15) is 5.82 Å². The lowest BCUT2D eigenvalue weighted by atomic mass is 9.96. The third kappa shape index (κ3) is 6.13. The maximum atomic E-state index is 13.2. The second kappa shape index (κ2) is 9.89. The summed E-state index contributed by atoms with van der Waals surface area (Å²) in [6.07, 6.45) is 2.20. The summed E-state index contributed by atoms with van der Waals surface area (Å²) in [6.45, 7) is 1.24. The van der Waals surface area contributed by atoms with Crippen molar-refractivity contribution in [1.29, 1.82) is 0 Å². The Morgan fingerprint density at radius 2 is 2.19 bits per heavy atom. The predicted octanol–water partition coefficient (Wildman–Crippen LogP) is 1.68. The number of amides is 2. The van der Waals surface area contributed by atoms with E-state index in [0.717, 1.165) is 5.56 Å². The van der Waals surface area contributed by atoms with Crippen LogP contribution in [-0.2, 0) is 25.5 Å². The zero-order valence-corrected chi connectivity index (χ0v) is 15.0. The molecule has 0 radical (unpaired) electrons. The standard InChI is InChI=1S/C19H25FN2O4/c1-26-18(24)6-3-10-21-19(25)15-7-8-17(23)22(13-15)11-9-14-4-2-5-16(20)12-14/h2,4-5,12,15H,3,6-11,13H2,1H3,(H,21,25)/t15-/m0/s1. The van der Waals surface area contributed by atoms with Crippen LogP contribution in [0.1, 0.15) is 31.2 Å². The van der Waals surface area contributed by atoms with Crippen LogP contribution >= 0.6 is 0 Å². The summed E-state index contributed by atoms with van der Waals surface area (Å²) in [5.41, 5.74) is 0.826. The molecule has 1 fully saturated rings. The Kier molecular flexibility index (Phi) is 7.56. The molecule has 0 unspecified atom stereocenters. The Bertz CT molecular complexity index is 650. The number of hydrogen-bond acceptors (Lipinski definition) is 4. The molecule has 1 aliphatic rings. The fourth-order valence-corrected chi connectivity index (χ4v) is 2.99. The molecule has 1 heterocycles. The van der Waals surface area contributed by atoms with Crippen LogP contribution in [0.5, 0.6) is 0 Å². The number of piperidine rings is 1. The maximum Gasteiger partial charge on any atom is 0.305 e. The van der Waals surface area contributed by atoms with Gasteiger partial charge < -0.3 is 15.0 Å². The summed E-state index contributed by atoms with van der Waals surface area (Å²) < 4.78 is 17.8. The zero-order valence-electron chi connectivity index (χ0n) is 15.0. The van der Waals surface area contributed by atoms with E-state index in [2.05, 4.69) is 10.1 Å². The molecule has 1 aliphatic heterocycles. The summed E-state index contributed by atoms with van der Waals surface area (Å²) in [5, 5.41) is 2.81. The number of nitrogens with one attached hydrogen (secondary N) is 1. The number of likely N-dealkylation sites (tertiary alicyclic amines) is 1. The van der Waals surface area contributed by atoms with E-state index in [0.29, 0.717) is 45.3 Å². The number of hydrogen-bond donors (Lipinski definition) is 1. The highest BCUT2D eigenvalue weighted by Gasteiger charge is 2.29. The molecule has 0 spiro atoms. The van der Waals surface area contributed by atoms with Crippen LogP contribution in [0.2, 0.25) is 0 Å². The molecule has 0 saturated carbocycles. The first-order chi connectivity index (χ1) is 12.5. The van der Waals surface area contributed by atoms with E-state index < -0.39 is 0 Å². The van der Waals surface area contributed by atoms with Crippen LogP contribution in [0.15, 0.2) is 24.3 Å². The van der Waals surface area contributed by atoms with Gasteiger partial charge in [-0.1, -0.05) is 12.1 Å². The lowest BCUT2D eigenvalue weighted by Gasteiger charge is -2.32. The molecule has 1 N–H and O–H groups in total. The van der Waals surface area contributed by atoms with Gasteiger partial charge in [-0.2, -0.15) is 0 Å². The first kappa shape index (κ1) is 19.9. The van der Waals surface area contributed by atoms with E-state index >= 15 is 0 Å². The molecule has 26 heavy (non-hydrogen) atoms. The van der Waals surface area contributed by atoms with Crippen LogP contribution < -0.4 is 5.32 Å². The number of nitrogens with zero attached hydrogens (tertiary/aromatic N) is 1. The van der Waals surface area contributed by atoms with Crippen molar-refractivity contribution < 1.29 is 23.5 Å². The van der Waals surface area contributed by atoms with Crippen molar-refractivity contribution in [3.8, 4) is 0 Å². The second-order valence-electron chi connectivity index (χ2n) is 6.43. The molecule has 6 nitrogen and oxygen atoms in total. The van der Waals surface area contributed by atoms with Gasteiger partial charge in [0.2, 0.25) is 11.8 Å². The smallest absolute Gasteiger partial charge is 0.305 e. The molecule has 1 aromatic rings. The van der Waals surface area contributed by atoms with E-state index in [4.69, 9.17) is 0 Å². The summed E-state index contributed by atoms with van der Waals surface area (Å²) in [4.78, 5) is 37.1. The molecular weight excluding hydrogens is 339 g/mol. The van der Waals surface area contributed by atoms with Gasteiger partial charge in [-0.05, 0) is 37.0 Å². The minimum absolute atomic E-state index is 0.0242. The van der Waals surface area contributed by atoms with Crippen molar-refractivity contribution >= 4 is 17.8 Å². The van der Waals surface area contributed by atoms with Gasteiger partial charge >= 0.3 is 5.97 Å². The van der Waals surface area contributed by atoms with Gasteiger partial charge in [-0.15, -0.1) is 0 Å². The number of carbonyl (C=O) groups is 3. The molecule has 1 saturated heterocycles. The molecule has 7 heteroatoms. The average Bonchev–Trinajstić information content (AvgIpc) is 2.64. The highest BCUT2D eigenvalue weighted by molar-refractivity contribution is 5.83. The number of rotatable bonds is 8. The molecule has 0 aliphatic carbocycles. The van der Waals surface area contributed by atoms with E-state index in [-0.39, 0.29) is 35.9 Å². The Morgan fingerprint density at radius 1 is 1.38 bits per heavy atom. The third-order valence-corrected chi connectivity index (χ3v) is 4.51. The molecule has 1 aromatic carbocycles. The molecule has 0 aromatic heterocycles. The topological polar surface area (TPSA) is 75.7 Å². The zero-order chi connectivity index (χ0) is 18.9. The van der Waals surface area contributed by atoms with Gasteiger partial charge in [0.25, 0.3) is 0 Å². The first-order valence-electron chi connectivity index (χ1n) is 8.86. The Balaban J connectivity index is 1.78. The molecule has 2 rings (SSSR count). The molecule has 2 amide bonds. The van der Waals surface area contributed by atoms with Crippen molar-refractivity contribution in [2.45, 2.75) is 32.1 Å². The number of methoxy groups -OCH3 is 1. The maximum absolute atomic E-state index is 13.2. The molecule has 142 valence electrons. The Morgan fingerprint density at radius 3 is 2.92 bits per heavy atom. The minimum atomic E-state index is -0.300. The minimum Gasteiger partial charge on any atom is -0.469 e. The largest absolute Gasteiger partial charge is 0.469 e. The fraction of sp³-hybridized carbons (Fsp3) is 0.526. The van der Waals surface area contributed by atoms with Crippen LogP contribution in [-0.4, -0.2) is 49.4 Å². The first-order valence-corrected chi connectivity index (χ1v) is 8.86. The SMILES string of the molecule is COC(=O)CCCNC(=O)[C@H]1CCC(=O)N(CCc2cccc(F)c2)C1. The van der Waals surface area contributed by atoms with Crippen LogP contribution in [0, 0.1) is 11.7 Å². The molecule has 1 atom stereocenters. The second-order valence-corrected chi connectivity index (χ2v) is 6.43. The van der Waals surface area contributed by atoms with Gasteiger partial charge in [0.05, 0.1) is 13.0 Å². The lowest BCUT2D eigenvalue weighted by Crippen LogP contribution is -2.46. The van der Waals surface area contributed by atoms with E-state index in [1.54, 1.807) is 11.0 Å². The normalized spacial score (nSPS) is 17.1.